The zero-order valence-corrected chi connectivity index (χ0v) is 18.7. The highest BCUT2D eigenvalue weighted by Gasteiger charge is 2.32. The predicted octanol–water partition coefficient (Wildman–Crippen LogP) is 2.30. The number of hydrogen-bond acceptors (Lipinski definition) is 6. The Hall–Kier alpha value is -3.79. The average molecular weight is 465 g/mol. The molecule has 3 aromatic rings. The molecule has 5 rings (SSSR count). The maximum atomic E-state index is 14.0. The molecule has 2 aliphatic rings. The molecule has 0 spiro atoms. The quantitative estimate of drug-likeness (QED) is 0.588. The maximum absolute atomic E-state index is 14.0. The van der Waals surface area contributed by atoms with Crippen LogP contribution in [0.25, 0.3) is 0 Å². The van der Waals surface area contributed by atoms with Crippen LogP contribution in [0.5, 0.6) is 5.75 Å². The number of nitrogens with zero attached hydrogens (tertiary/aromatic N) is 5. The van der Waals surface area contributed by atoms with E-state index in [2.05, 4.69) is 10.3 Å². The van der Waals surface area contributed by atoms with Crippen LogP contribution in [0.15, 0.2) is 48.5 Å². The second kappa shape index (κ2) is 9.22. The number of rotatable bonds is 4. The Balaban J connectivity index is 1.22. The summed E-state index contributed by atoms with van der Waals surface area (Å²) in [6.45, 7) is 2.12. The van der Waals surface area contributed by atoms with Gasteiger partial charge in [-0.1, -0.05) is 35.5 Å². The highest BCUT2D eigenvalue weighted by Crippen LogP contribution is 2.27. The van der Waals surface area contributed by atoms with E-state index in [1.807, 2.05) is 30.3 Å². The highest BCUT2D eigenvalue weighted by atomic mass is 19.1. The van der Waals surface area contributed by atoms with E-state index >= 15 is 0 Å². The van der Waals surface area contributed by atoms with Crippen molar-refractivity contribution in [2.24, 2.45) is 0 Å². The Kier molecular flexibility index (Phi) is 5.97. The Morgan fingerprint density at radius 3 is 2.41 bits per heavy atom. The number of halogens is 1. The first kappa shape index (κ1) is 22.0. The lowest BCUT2D eigenvalue weighted by atomic mass is 10.1. The molecule has 0 unspecified atom stereocenters. The summed E-state index contributed by atoms with van der Waals surface area (Å²) in [7, 11) is 1.37. The Labute approximate surface area is 195 Å². The number of hydrogen-bond donors (Lipinski definition) is 0. The van der Waals surface area contributed by atoms with Gasteiger partial charge in [-0.15, -0.1) is 5.10 Å². The van der Waals surface area contributed by atoms with E-state index in [9.17, 15) is 14.0 Å². The molecule has 1 atom stereocenters. The third kappa shape index (κ3) is 4.12. The molecule has 1 aromatic heterocycles. The molecule has 10 heteroatoms. The van der Waals surface area contributed by atoms with Gasteiger partial charge in [0.1, 0.15) is 6.10 Å². The van der Waals surface area contributed by atoms with Gasteiger partial charge < -0.3 is 19.3 Å². The zero-order chi connectivity index (χ0) is 23.7. The molecule has 3 heterocycles. The van der Waals surface area contributed by atoms with Gasteiger partial charge >= 0.3 is 0 Å². The summed E-state index contributed by atoms with van der Waals surface area (Å²) in [4.78, 5) is 29.2. The number of ether oxygens (including phenoxy) is 2. The van der Waals surface area contributed by atoms with Gasteiger partial charge in [0.05, 0.1) is 26.0 Å². The van der Waals surface area contributed by atoms with E-state index in [-0.39, 0.29) is 41.5 Å². The smallest absolute Gasteiger partial charge is 0.276 e. The van der Waals surface area contributed by atoms with Crippen molar-refractivity contribution in [2.75, 3.05) is 33.3 Å². The molecule has 0 saturated carbocycles. The van der Waals surface area contributed by atoms with Crippen LogP contribution in [-0.4, -0.2) is 69.9 Å². The molecular weight excluding hydrogens is 441 g/mol. The topological polar surface area (TPSA) is 89.8 Å². The SMILES string of the molecule is COc1ccc(C(=O)N2CCN(C(=O)c3nnn4c3CO[C@H](c3ccccc3)C4)CC2)cc1F. The molecule has 2 aliphatic heterocycles. The van der Waals surface area contributed by atoms with Gasteiger partial charge in [-0.05, 0) is 23.8 Å². The first-order valence-electron chi connectivity index (χ1n) is 11.1. The standard InChI is InChI=1S/C24H24FN5O4/c1-33-20-8-7-17(13-18(20)25)23(31)28-9-11-29(12-10-28)24(32)22-19-15-34-21(14-30(19)27-26-22)16-5-3-2-4-6-16/h2-8,13,21H,9-12,14-15H2,1H3/t21-/m0/s1. The first-order chi connectivity index (χ1) is 16.5. The predicted molar refractivity (Wildman–Crippen MR) is 119 cm³/mol. The fraction of sp³-hybridized carbons (Fsp3) is 0.333. The van der Waals surface area contributed by atoms with Crippen molar-refractivity contribution in [3.8, 4) is 5.75 Å². The zero-order valence-electron chi connectivity index (χ0n) is 18.7. The van der Waals surface area contributed by atoms with E-state index < -0.39 is 5.82 Å². The molecule has 2 aromatic carbocycles. The van der Waals surface area contributed by atoms with Crippen molar-refractivity contribution in [1.29, 1.82) is 0 Å². The summed E-state index contributed by atoms with van der Waals surface area (Å²) >= 11 is 0. The lowest BCUT2D eigenvalue weighted by molar-refractivity contribution is -0.00202. The lowest BCUT2D eigenvalue weighted by Crippen LogP contribution is -2.50. The van der Waals surface area contributed by atoms with Gasteiger partial charge in [-0.3, -0.25) is 9.59 Å². The number of piperazine rings is 1. The van der Waals surface area contributed by atoms with E-state index in [0.717, 1.165) is 5.56 Å². The van der Waals surface area contributed by atoms with Crippen LogP contribution in [0.1, 0.15) is 38.2 Å². The number of aromatic nitrogens is 3. The van der Waals surface area contributed by atoms with E-state index in [0.29, 0.717) is 38.4 Å². The van der Waals surface area contributed by atoms with Crippen LogP contribution in [0, 0.1) is 5.82 Å². The largest absolute Gasteiger partial charge is 0.494 e. The average Bonchev–Trinajstić information content (AvgIpc) is 3.31. The summed E-state index contributed by atoms with van der Waals surface area (Å²) in [5, 5.41) is 8.32. The van der Waals surface area contributed by atoms with Crippen LogP contribution in [0.3, 0.4) is 0 Å². The number of benzene rings is 2. The van der Waals surface area contributed by atoms with Gasteiger partial charge in [0.15, 0.2) is 17.3 Å². The number of carbonyl (C=O) groups excluding carboxylic acids is 2. The number of fused-ring (bicyclic) bond motifs is 1. The minimum atomic E-state index is -0.587. The van der Waals surface area contributed by atoms with E-state index in [1.54, 1.807) is 14.5 Å². The summed E-state index contributed by atoms with van der Waals surface area (Å²) in [5.74, 6) is -1.01. The molecule has 1 saturated heterocycles. The third-order valence-corrected chi connectivity index (χ3v) is 6.22. The van der Waals surface area contributed by atoms with Crippen LogP contribution in [-0.2, 0) is 17.9 Å². The summed E-state index contributed by atoms with van der Waals surface area (Å²) in [6.07, 6.45) is -0.143. The summed E-state index contributed by atoms with van der Waals surface area (Å²) in [5.41, 5.74) is 2.23. The minimum Gasteiger partial charge on any atom is -0.494 e. The Morgan fingerprint density at radius 1 is 1.03 bits per heavy atom. The van der Waals surface area contributed by atoms with Gasteiger partial charge in [0.2, 0.25) is 0 Å². The number of methoxy groups -OCH3 is 1. The first-order valence-corrected chi connectivity index (χ1v) is 11.1. The molecule has 0 aliphatic carbocycles. The molecular formula is C24H24FN5O4. The Bertz CT molecular complexity index is 1210. The second-order valence-corrected chi connectivity index (χ2v) is 8.21. The molecule has 2 amide bonds. The van der Waals surface area contributed by atoms with Gasteiger partial charge in [0.25, 0.3) is 11.8 Å². The van der Waals surface area contributed by atoms with Gasteiger partial charge in [0, 0.05) is 31.7 Å². The second-order valence-electron chi connectivity index (χ2n) is 8.21. The lowest BCUT2D eigenvalue weighted by Gasteiger charge is -2.34. The van der Waals surface area contributed by atoms with Crippen molar-refractivity contribution in [3.05, 3.63) is 76.9 Å². The molecule has 176 valence electrons. The van der Waals surface area contributed by atoms with E-state index in [4.69, 9.17) is 9.47 Å². The van der Waals surface area contributed by atoms with Gasteiger partial charge in [-0.2, -0.15) is 0 Å². The minimum absolute atomic E-state index is 0.0862. The molecule has 9 nitrogen and oxygen atoms in total. The van der Waals surface area contributed by atoms with Crippen LogP contribution >= 0.6 is 0 Å². The van der Waals surface area contributed by atoms with Crippen molar-refractivity contribution in [1.82, 2.24) is 24.8 Å². The maximum Gasteiger partial charge on any atom is 0.276 e. The van der Waals surface area contributed by atoms with E-state index in [1.165, 1.54) is 25.3 Å². The molecule has 1 fully saturated rings. The normalized spacial score (nSPS) is 17.9. The summed E-state index contributed by atoms with van der Waals surface area (Å²) in [6, 6.07) is 14.0. The molecule has 0 N–H and O–H groups in total. The molecule has 34 heavy (non-hydrogen) atoms. The Morgan fingerprint density at radius 2 is 1.74 bits per heavy atom. The monoisotopic (exact) mass is 465 g/mol. The highest BCUT2D eigenvalue weighted by molar-refractivity contribution is 5.95. The fourth-order valence-electron chi connectivity index (χ4n) is 4.29. The molecule has 0 bridgehead atoms. The van der Waals surface area contributed by atoms with Crippen LogP contribution in [0.2, 0.25) is 0 Å². The number of amides is 2. The van der Waals surface area contributed by atoms with Crippen molar-refractivity contribution >= 4 is 11.8 Å². The van der Waals surface area contributed by atoms with Crippen LogP contribution in [0.4, 0.5) is 4.39 Å². The number of carbonyl (C=O) groups is 2. The fourth-order valence-corrected chi connectivity index (χ4v) is 4.29. The van der Waals surface area contributed by atoms with Crippen molar-refractivity contribution < 1.29 is 23.5 Å². The third-order valence-electron chi connectivity index (χ3n) is 6.22. The summed E-state index contributed by atoms with van der Waals surface area (Å²) < 4.78 is 26.6. The van der Waals surface area contributed by atoms with Crippen LogP contribution < -0.4 is 4.74 Å². The van der Waals surface area contributed by atoms with Crippen molar-refractivity contribution in [2.45, 2.75) is 19.3 Å². The molecule has 0 radical (unpaired) electrons. The van der Waals surface area contributed by atoms with Crippen molar-refractivity contribution in [3.63, 3.8) is 0 Å². The van der Waals surface area contributed by atoms with Gasteiger partial charge in [-0.25, -0.2) is 9.07 Å².